The zero-order valence-corrected chi connectivity index (χ0v) is 8.93. The molecule has 0 aliphatic heterocycles. The molecule has 78 valence electrons. The van der Waals surface area contributed by atoms with Gasteiger partial charge in [0.25, 0.3) is 0 Å². The summed E-state index contributed by atoms with van der Waals surface area (Å²) >= 11 is 0. The molecule has 0 aliphatic carbocycles. The van der Waals surface area contributed by atoms with E-state index in [-0.39, 0.29) is 6.09 Å². The third-order valence-electron chi connectivity index (χ3n) is 2.11. The number of nitrogens with one attached hydrogen (secondary N) is 1. The highest BCUT2D eigenvalue weighted by atomic mass is 16.5. The summed E-state index contributed by atoms with van der Waals surface area (Å²) in [6.07, 6.45) is 4.38. The van der Waals surface area contributed by atoms with Crippen molar-refractivity contribution in [3.63, 3.8) is 0 Å². The normalized spacial score (nSPS) is 10.2. The molecule has 3 nitrogen and oxygen atoms in total. The van der Waals surface area contributed by atoms with Crippen molar-refractivity contribution in [2.45, 2.75) is 39.5 Å². The highest BCUT2D eigenvalue weighted by molar-refractivity contribution is 5.66. The lowest BCUT2D eigenvalue weighted by Crippen LogP contribution is -2.29. The molecule has 0 rings (SSSR count). The third kappa shape index (κ3) is 6.43. The molecular formula is C10H21NO2. The number of hydrogen-bond acceptors (Lipinski definition) is 2. The van der Waals surface area contributed by atoms with Crippen molar-refractivity contribution < 1.29 is 9.53 Å². The molecule has 0 aromatic rings. The first kappa shape index (κ1) is 12.3. The number of amides is 1. The lowest BCUT2D eigenvalue weighted by Gasteiger charge is -2.15. The summed E-state index contributed by atoms with van der Waals surface area (Å²) < 4.78 is 4.51. The first-order chi connectivity index (χ1) is 6.24. The lowest BCUT2D eigenvalue weighted by molar-refractivity contribution is 0.168. The minimum Gasteiger partial charge on any atom is -0.453 e. The fraction of sp³-hybridized carbons (Fsp3) is 0.900. The summed E-state index contributed by atoms with van der Waals surface area (Å²) in [7, 11) is 1.39. The van der Waals surface area contributed by atoms with Crippen LogP contribution in [0.1, 0.15) is 39.5 Å². The summed E-state index contributed by atoms with van der Waals surface area (Å²) in [6, 6.07) is 0. The van der Waals surface area contributed by atoms with Crippen molar-refractivity contribution in [3.05, 3.63) is 0 Å². The van der Waals surface area contributed by atoms with Gasteiger partial charge in [0.05, 0.1) is 7.11 Å². The van der Waals surface area contributed by atoms with Crippen molar-refractivity contribution in [1.29, 1.82) is 0 Å². The van der Waals surface area contributed by atoms with Gasteiger partial charge in [-0.25, -0.2) is 4.79 Å². The van der Waals surface area contributed by atoms with Crippen LogP contribution in [-0.4, -0.2) is 19.7 Å². The number of ether oxygens (including phenoxy) is 1. The van der Waals surface area contributed by atoms with Crippen molar-refractivity contribution in [2.24, 2.45) is 5.92 Å². The van der Waals surface area contributed by atoms with Crippen LogP contribution >= 0.6 is 0 Å². The van der Waals surface area contributed by atoms with E-state index >= 15 is 0 Å². The standard InChI is InChI=1S/C10H21NO2/c1-4-6-9(7-5-2)8-11-10(12)13-3/h9H,4-8H2,1-3H3,(H,11,12). The van der Waals surface area contributed by atoms with Gasteiger partial charge in [-0.3, -0.25) is 0 Å². The van der Waals surface area contributed by atoms with Crippen LogP contribution < -0.4 is 5.32 Å². The lowest BCUT2D eigenvalue weighted by atomic mass is 9.98. The van der Waals surface area contributed by atoms with E-state index in [1.807, 2.05) is 0 Å². The Labute approximate surface area is 80.8 Å². The van der Waals surface area contributed by atoms with Gasteiger partial charge in [0.15, 0.2) is 0 Å². The molecule has 0 aromatic heterocycles. The second-order valence-corrected chi connectivity index (χ2v) is 3.32. The highest BCUT2D eigenvalue weighted by Gasteiger charge is 2.08. The smallest absolute Gasteiger partial charge is 0.406 e. The first-order valence-electron chi connectivity index (χ1n) is 5.06. The van der Waals surface area contributed by atoms with E-state index in [9.17, 15) is 4.79 Å². The molecule has 13 heavy (non-hydrogen) atoms. The minimum atomic E-state index is -0.322. The molecule has 0 aliphatic rings. The van der Waals surface area contributed by atoms with Crippen molar-refractivity contribution in [2.75, 3.05) is 13.7 Å². The predicted molar refractivity (Wildman–Crippen MR) is 53.7 cm³/mol. The predicted octanol–water partition coefficient (Wildman–Crippen LogP) is 2.56. The number of alkyl carbamates (subject to hydrolysis) is 1. The average Bonchev–Trinajstić information content (AvgIpc) is 2.14. The summed E-state index contributed by atoms with van der Waals surface area (Å²) in [5, 5.41) is 2.74. The van der Waals surface area contributed by atoms with Crippen LogP contribution in [0.3, 0.4) is 0 Å². The van der Waals surface area contributed by atoms with E-state index < -0.39 is 0 Å². The van der Waals surface area contributed by atoms with Gasteiger partial charge in [0.2, 0.25) is 0 Å². The number of rotatable bonds is 6. The van der Waals surface area contributed by atoms with Crippen LogP contribution in [0.15, 0.2) is 0 Å². The summed E-state index contributed by atoms with van der Waals surface area (Å²) in [4.78, 5) is 10.8. The Hall–Kier alpha value is -0.730. The van der Waals surface area contributed by atoms with Crippen molar-refractivity contribution in [1.82, 2.24) is 5.32 Å². The topological polar surface area (TPSA) is 38.3 Å². The molecular weight excluding hydrogens is 166 g/mol. The molecule has 0 saturated carbocycles. The maximum Gasteiger partial charge on any atom is 0.406 e. The fourth-order valence-corrected chi connectivity index (χ4v) is 1.46. The van der Waals surface area contributed by atoms with Crippen LogP contribution in [0.5, 0.6) is 0 Å². The minimum absolute atomic E-state index is 0.322. The van der Waals surface area contributed by atoms with E-state index in [0.29, 0.717) is 5.92 Å². The Balaban J connectivity index is 3.61. The molecule has 0 atom stereocenters. The monoisotopic (exact) mass is 187 g/mol. The molecule has 0 bridgehead atoms. The molecule has 1 amide bonds. The third-order valence-corrected chi connectivity index (χ3v) is 2.11. The van der Waals surface area contributed by atoms with E-state index in [4.69, 9.17) is 0 Å². The van der Waals surface area contributed by atoms with Crippen LogP contribution in [-0.2, 0) is 4.74 Å². The van der Waals surface area contributed by atoms with E-state index in [0.717, 1.165) is 6.54 Å². The van der Waals surface area contributed by atoms with Gasteiger partial charge in [0, 0.05) is 6.54 Å². The Morgan fingerprint density at radius 3 is 2.23 bits per heavy atom. The number of carbonyl (C=O) groups excluding carboxylic acids is 1. The van der Waals surface area contributed by atoms with Gasteiger partial charge < -0.3 is 10.1 Å². The first-order valence-corrected chi connectivity index (χ1v) is 5.06. The molecule has 0 saturated heterocycles. The molecule has 3 heteroatoms. The van der Waals surface area contributed by atoms with Gasteiger partial charge in [-0.2, -0.15) is 0 Å². The van der Waals surface area contributed by atoms with Crippen LogP contribution in [0.4, 0.5) is 4.79 Å². The number of carbonyl (C=O) groups is 1. The maximum absolute atomic E-state index is 10.8. The zero-order chi connectivity index (χ0) is 10.1. The summed E-state index contributed by atoms with van der Waals surface area (Å²) in [5.41, 5.74) is 0. The number of hydrogen-bond donors (Lipinski definition) is 1. The van der Waals surface area contributed by atoms with Crippen molar-refractivity contribution in [3.8, 4) is 0 Å². The zero-order valence-electron chi connectivity index (χ0n) is 8.93. The van der Waals surface area contributed by atoms with Gasteiger partial charge in [-0.1, -0.05) is 26.7 Å². The van der Waals surface area contributed by atoms with Gasteiger partial charge in [0.1, 0.15) is 0 Å². The molecule has 0 fully saturated rings. The Morgan fingerprint density at radius 2 is 1.85 bits per heavy atom. The van der Waals surface area contributed by atoms with Crippen molar-refractivity contribution >= 4 is 6.09 Å². The molecule has 0 unspecified atom stereocenters. The van der Waals surface area contributed by atoms with E-state index in [1.165, 1.54) is 32.8 Å². The Kier molecular flexibility index (Phi) is 7.45. The highest BCUT2D eigenvalue weighted by Crippen LogP contribution is 2.11. The summed E-state index contributed by atoms with van der Waals surface area (Å²) in [5.74, 6) is 0.606. The molecule has 1 N–H and O–H groups in total. The van der Waals surface area contributed by atoms with Crippen LogP contribution in [0.2, 0.25) is 0 Å². The molecule has 0 heterocycles. The second-order valence-electron chi connectivity index (χ2n) is 3.32. The number of methoxy groups -OCH3 is 1. The Morgan fingerprint density at radius 1 is 1.31 bits per heavy atom. The van der Waals surface area contributed by atoms with E-state index in [2.05, 4.69) is 23.9 Å². The van der Waals surface area contributed by atoms with Gasteiger partial charge in [-0.15, -0.1) is 0 Å². The van der Waals surface area contributed by atoms with Gasteiger partial charge >= 0.3 is 6.09 Å². The quantitative estimate of drug-likeness (QED) is 0.694. The molecule has 0 spiro atoms. The summed E-state index contributed by atoms with van der Waals surface area (Å²) in [6.45, 7) is 5.08. The van der Waals surface area contributed by atoms with Crippen LogP contribution in [0.25, 0.3) is 0 Å². The fourth-order valence-electron chi connectivity index (χ4n) is 1.46. The molecule has 0 radical (unpaired) electrons. The second kappa shape index (κ2) is 7.90. The van der Waals surface area contributed by atoms with Gasteiger partial charge in [-0.05, 0) is 18.8 Å². The van der Waals surface area contributed by atoms with Crippen LogP contribution in [0, 0.1) is 5.92 Å². The largest absolute Gasteiger partial charge is 0.453 e. The Bertz CT molecular complexity index is 131. The maximum atomic E-state index is 10.8. The molecule has 0 aromatic carbocycles. The average molecular weight is 187 g/mol. The van der Waals surface area contributed by atoms with E-state index in [1.54, 1.807) is 0 Å². The SMILES string of the molecule is CCCC(CCC)CNC(=O)OC.